The Balaban J connectivity index is 1.58. The topological polar surface area (TPSA) is 64.1 Å². The number of ether oxygens (including phenoxy) is 1. The molecule has 1 N–H and O–H groups in total. The molecule has 2 aromatic carbocycles. The van der Waals surface area contributed by atoms with E-state index >= 15 is 0 Å². The molecule has 0 aliphatic carbocycles. The molecule has 1 unspecified atom stereocenters. The number of nitrogens with zero attached hydrogens (tertiary/aromatic N) is 2. The summed E-state index contributed by atoms with van der Waals surface area (Å²) in [7, 11) is 0. The normalized spacial score (nSPS) is 12.3. The molecule has 7 heteroatoms. The summed E-state index contributed by atoms with van der Waals surface area (Å²) in [5.41, 5.74) is 0. The number of nitrogens with one attached hydrogen (secondary N) is 1. The third-order valence-electron chi connectivity index (χ3n) is 3.58. The lowest BCUT2D eigenvalue weighted by Crippen LogP contribution is -2.30. The molecule has 3 aromatic rings. The van der Waals surface area contributed by atoms with E-state index in [-0.39, 0.29) is 5.91 Å². The predicted molar refractivity (Wildman–Crippen MR) is 108 cm³/mol. The van der Waals surface area contributed by atoms with Crippen molar-refractivity contribution in [1.29, 1.82) is 0 Å². The van der Waals surface area contributed by atoms with Gasteiger partial charge in [-0.05, 0) is 35.7 Å². The van der Waals surface area contributed by atoms with Crippen molar-refractivity contribution < 1.29 is 9.53 Å². The van der Waals surface area contributed by atoms with Crippen molar-refractivity contribution in [3.8, 4) is 5.75 Å². The average Bonchev–Trinajstić information content (AvgIpc) is 3.07. The molecule has 0 aliphatic rings. The second-order valence-electron chi connectivity index (χ2n) is 6.34. The van der Waals surface area contributed by atoms with Gasteiger partial charge in [0.25, 0.3) is 5.91 Å². The summed E-state index contributed by atoms with van der Waals surface area (Å²) in [6, 6.07) is 13.8. The van der Waals surface area contributed by atoms with Crippen LogP contribution in [0.4, 0.5) is 5.13 Å². The maximum atomic E-state index is 12.4. The Morgan fingerprint density at radius 3 is 2.69 bits per heavy atom. The van der Waals surface area contributed by atoms with Crippen LogP contribution in [0.15, 0.2) is 46.8 Å². The Morgan fingerprint density at radius 2 is 1.92 bits per heavy atom. The fourth-order valence-electron chi connectivity index (χ4n) is 2.26. The highest BCUT2D eigenvalue weighted by molar-refractivity contribution is 8.01. The number of carbonyl (C=O) groups excluding carboxylic acids is 1. The van der Waals surface area contributed by atoms with Crippen LogP contribution < -0.4 is 10.1 Å². The fourth-order valence-corrected chi connectivity index (χ4v) is 3.99. The molecular weight excluding hydrogens is 366 g/mol. The van der Waals surface area contributed by atoms with Crippen molar-refractivity contribution in [2.24, 2.45) is 5.92 Å². The number of hydrogen-bond acceptors (Lipinski definition) is 6. The first kappa shape index (κ1) is 18.7. The van der Waals surface area contributed by atoms with E-state index in [4.69, 9.17) is 4.74 Å². The molecule has 3 rings (SSSR count). The first-order chi connectivity index (χ1) is 12.5. The lowest BCUT2D eigenvalue weighted by molar-refractivity contribution is -0.122. The Labute approximate surface area is 161 Å². The van der Waals surface area contributed by atoms with E-state index in [1.165, 1.54) is 11.3 Å². The van der Waals surface area contributed by atoms with Crippen molar-refractivity contribution in [1.82, 2.24) is 10.2 Å². The Morgan fingerprint density at radius 1 is 1.15 bits per heavy atom. The Hall–Kier alpha value is -2.12. The minimum atomic E-state index is -0.633. The third-order valence-corrected chi connectivity index (χ3v) is 5.98. The molecule has 1 heterocycles. The van der Waals surface area contributed by atoms with Gasteiger partial charge in [-0.3, -0.25) is 10.1 Å². The maximum Gasteiger partial charge on any atom is 0.266 e. The summed E-state index contributed by atoms with van der Waals surface area (Å²) in [5, 5.41) is 13.6. The zero-order valence-electron chi connectivity index (χ0n) is 14.9. The van der Waals surface area contributed by atoms with Gasteiger partial charge in [-0.15, -0.1) is 10.2 Å². The number of aromatic nitrogens is 2. The van der Waals surface area contributed by atoms with Gasteiger partial charge in [-0.1, -0.05) is 67.3 Å². The number of amides is 1. The summed E-state index contributed by atoms with van der Waals surface area (Å²) in [6.07, 6.45) is -0.633. The fraction of sp³-hybridized carbons (Fsp3) is 0.316. The standard InChI is InChI=1S/C19H21N3O2S2/c1-12(2)11-25-19-22-21-18(26-19)20-17(23)13(3)24-16-9-8-14-6-4-5-7-15(14)10-16/h4-10,12-13H,11H2,1-3H3,(H,20,21,23). The molecule has 1 aromatic heterocycles. The summed E-state index contributed by atoms with van der Waals surface area (Å²) in [5.74, 6) is 1.98. The van der Waals surface area contributed by atoms with Crippen LogP contribution >= 0.6 is 23.1 Å². The molecule has 1 atom stereocenters. The lowest BCUT2D eigenvalue weighted by Gasteiger charge is -2.14. The van der Waals surface area contributed by atoms with Crippen LogP contribution in [0.3, 0.4) is 0 Å². The van der Waals surface area contributed by atoms with E-state index in [0.717, 1.165) is 20.9 Å². The van der Waals surface area contributed by atoms with E-state index in [0.29, 0.717) is 16.8 Å². The van der Waals surface area contributed by atoms with Gasteiger partial charge in [-0.2, -0.15) is 0 Å². The van der Waals surface area contributed by atoms with E-state index in [9.17, 15) is 4.79 Å². The average molecular weight is 388 g/mol. The zero-order chi connectivity index (χ0) is 18.5. The quantitative estimate of drug-likeness (QED) is 0.464. The van der Waals surface area contributed by atoms with Gasteiger partial charge in [0, 0.05) is 5.75 Å². The highest BCUT2D eigenvalue weighted by atomic mass is 32.2. The van der Waals surface area contributed by atoms with Crippen molar-refractivity contribution in [2.45, 2.75) is 31.2 Å². The van der Waals surface area contributed by atoms with E-state index in [1.807, 2.05) is 42.5 Å². The van der Waals surface area contributed by atoms with Crippen LogP contribution in [0, 0.1) is 5.92 Å². The van der Waals surface area contributed by atoms with Crippen molar-refractivity contribution in [2.75, 3.05) is 11.1 Å². The predicted octanol–water partition coefficient (Wildman–Crippen LogP) is 4.85. The molecule has 0 fully saturated rings. The van der Waals surface area contributed by atoms with Gasteiger partial charge in [-0.25, -0.2) is 0 Å². The number of hydrogen-bond donors (Lipinski definition) is 1. The van der Waals surface area contributed by atoms with Crippen LogP contribution in [0.25, 0.3) is 10.8 Å². The molecule has 0 saturated heterocycles. The van der Waals surface area contributed by atoms with Gasteiger partial charge in [0.05, 0.1) is 0 Å². The number of fused-ring (bicyclic) bond motifs is 1. The number of thioether (sulfide) groups is 1. The van der Waals surface area contributed by atoms with Crippen LogP contribution in [0.1, 0.15) is 20.8 Å². The van der Waals surface area contributed by atoms with Crippen LogP contribution in [-0.4, -0.2) is 28.0 Å². The van der Waals surface area contributed by atoms with Crippen LogP contribution in [0.5, 0.6) is 5.75 Å². The van der Waals surface area contributed by atoms with Crippen LogP contribution in [-0.2, 0) is 4.79 Å². The van der Waals surface area contributed by atoms with Gasteiger partial charge in [0.2, 0.25) is 5.13 Å². The van der Waals surface area contributed by atoms with E-state index in [1.54, 1.807) is 18.7 Å². The third kappa shape index (κ3) is 4.95. The van der Waals surface area contributed by atoms with E-state index < -0.39 is 6.10 Å². The summed E-state index contributed by atoms with van der Waals surface area (Å²) in [4.78, 5) is 12.4. The summed E-state index contributed by atoms with van der Waals surface area (Å²) >= 11 is 3.03. The SMILES string of the molecule is CC(C)CSc1nnc(NC(=O)C(C)Oc2ccc3ccccc3c2)s1. The van der Waals surface area contributed by atoms with Gasteiger partial charge < -0.3 is 4.74 Å². The molecule has 26 heavy (non-hydrogen) atoms. The summed E-state index contributed by atoms with van der Waals surface area (Å²) < 4.78 is 6.64. The molecule has 0 saturated carbocycles. The molecule has 0 bridgehead atoms. The van der Waals surface area contributed by atoms with Crippen molar-refractivity contribution >= 4 is 44.9 Å². The second-order valence-corrected chi connectivity index (χ2v) is 8.58. The minimum absolute atomic E-state index is 0.241. The number of carbonyl (C=O) groups is 1. The maximum absolute atomic E-state index is 12.4. The monoisotopic (exact) mass is 387 g/mol. The van der Waals surface area contributed by atoms with Crippen molar-refractivity contribution in [3.63, 3.8) is 0 Å². The molecule has 136 valence electrons. The second kappa shape index (κ2) is 8.51. The molecule has 0 spiro atoms. The molecule has 0 aliphatic heterocycles. The molecule has 0 radical (unpaired) electrons. The largest absolute Gasteiger partial charge is 0.481 e. The van der Waals surface area contributed by atoms with Crippen molar-refractivity contribution in [3.05, 3.63) is 42.5 Å². The molecular formula is C19H21N3O2S2. The summed E-state index contributed by atoms with van der Waals surface area (Å²) in [6.45, 7) is 6.03. The van der Waals surface area contributed by atoms with Gasteiger partial charge >= 0.3 is 0 Å². The Kier molecular flexibility index (Phi) is 6.11. The van der Waals surface area contributed by atoms with E-state index in [2.05, 4.69) is 29.4 Å². The zero-order valence-corrected chi connectivity index (χ0v) is 16.6. The van der Waals surface area contributed by atoms with Gasteiger partial charge in [0.1, 0.15) is 5.75 Å². The van der Waals surface area contributed by atoms with Crippen LogP contribution in [0.2, 0.25) is 0 Å². The first-order valence-electron chi connectivity index (χ1n) is 8.44. The first-order valence-corrected chi connectivity index (χ1v) is 10.2. The number of benzene rings is 2. The molecule has 5 nitrogen and oxygen atoms in total. The Bertz CT molecular complexity index is 895. The highest BCUT2D eigenvalue weighted by Gasteiger charge is 2.17. The number of anilines is 1. The molecule has 1 amide bonds. The number of rotatable bonds is 7. The highest BCUT2D eigenvalue weighted by Crippen LogP contribution is 2.27. The van der Waals surface area contributed by atoms with Gasteiger partial charge in [0.15, 0.2) is 10.4 Å². The minimum Gasteiger partial charge on any atom is -0.481 e. The smallest absolute Gasteiger partial charge is 0.266 e. The lowest BCUT2D eigenvalue weighted by atomic mass is 10.1.